The molecule has 1 aromatic heterocycles. The highest BCUT2D eigenvalue weighted by Crippen LogP contribution is 2.40. The van der Waals surface area contributed by atoms with Crippen molar-refractivity contribution >= 4 is 21.5 Å². The van der Waals surface area contributed by atoms with Crippen molar-refractivity contribution in [3.05, 3.63) is 83.2 Å². The van der Waals surface area contributed by atoms with E-state index in [4.69, 9.17) is 4.98 Å². The summed E-state index contributed by atoms with van der Waals surface area (Å²) in [5, 5.41) is 2.82. The summed E-state index contributed by atoms with van der Waals surface area (Å²) in [5.41, 5.74) is 4.93. The molecule has 2 aliphatic rings. The van der Waals surface area contributed by atoms with Gasteiger partial charge in [-0.3, -0.25) is 4.90 Å². The Kier molecular flexibility index (Phi) is 4.79. The van der Waals surface area contributed by atoms with Gasteiger partial charge in [0.25, 0.3) is 0 Å². The lowest BCUT2D eigenvalue weighted by Gasteiger charge is -2.26. The first kappa shape index (κ1) is 19.2. The van der Waals surface area contributed by atoms with Crippen molar-refractivity contribution in [1.29, 1.82) is 0 Å². The molecule has 7 heteroatoms. The number of nitrogens with zero attached hydrogens (tertiary/aromatic N) is 3. The summed E-state index contributed by atoms with van der Waals surface area (Å²) < 4.78 is 25.9. The Hall–Kier alpha value is -2.77. The van der Waals surface area contributed by atoms with Gasteiger partial charge in [0.05, 0.1) is 16.7 Å². The molecule has 0 radical (unpaired) electrons. The molecule has 0 spiro atoms. The van der Waals surface area contributed by atoms with E-state index in [1.807, 2.05) is 30.3 Å². The largest absolute Gasteiger partial charge is 0.324 e. The fourth-order valence-electron chi connectivity index (χ4n) is 4.56. The van der Waals surface area contributed by atoms with E-state index in [2.05, 4.69) is 46.4 Å². The van der Waals surface area contributed by atoms with Crippen LogP contribution in [0.1, 0.15) is 28.3 Å². The predicted molar refractivity (Wildman–Crippen MR) is 117 cm³/mol. The first-order chi connectivity index (χ1) is 14.5. The van der Waals surface area contributed by atoms with E-state index < -0.39 is 15.1 Å². The highest BCUT2D eigenvalue weighted by molar-refractivity contribution is 7.91. The fraction of sp³-hybridized carbons (Fsp3) is 0.304. The zero-order valence-electron chi connectivity index (χ0n) is 16.8. The maximum Gasteiger partial charge on any atom is 0.227 e. The monoisotopic (exact) mass is 420 g/mol. The van der Waals surface area contributed by atoms with Gasteiger partial charge in [-0.25, -0.2) is 18.4 Å². The second-order valence-electron chi connectivity index (χ2n) is 8.23. The van der Waals surface area contributed by atoms with Crippen LogP contribution in [0.4, 0.5) is 11.6 Å². The lowest BCUT2D eigenvalue weighted by Crippen LogP contribution is -2.35. The van der Waals surface area contributed by atoms with Crippen molar-refractivity contribution < 1.29 is 8.42 Å². The van der Waals surface area contributed by atoms with E-state index in [0.29, 0.717) is 19.0 Å². The minimum Gasteiger partial charge on any atom is -0.324 e. The smallest absolute Gasteiger partial charge is 0.227 e. The standard InChI is InChI=1S/C23H24N4O2S/c1-16-6-5-7-17(10-16)12-27-13-20-21(14-27)30(28,29)15-18-11-24-23(26-22(18)20)25-19-8-3-2-4-9-19/h2-11,20-21H,12-15H2,1H3,(H,24,25,26)/t20-,21+/m0/s1. The van der Waals surface area contributed by atoms with Crippen LogP contribution < -0.4 is 5.32 Å². The molecule has 0 aliphatic carbocycles. The molecule has 3 heterocycles. The van der Waals surface area contributed by atoms with E-state index in [-0.39, 0.29) is 11.7 Å². The maximum atomic E-state index is 13.0. The SMILES string of the molecule is Cc1cccc(CN2C[C@@H]3c4nc(Nc5ccccc5)ncc4CS(=O)(=O)[C@@H]3C2)c1. The number of fused-ring (bicyclic) bond motifs is 3. The van der Waals surface area contributed by atoms with Gasteiger partial charge in [-0.15, -0.1) is 0 Å². The van der Waals surface area contributed by atoms with Gasteiger partial charge in [0.1, 0.15) is 0 Å². The van der Waals surface area contributed by atoms with Gasteiger partial charge in [0.2, 0.25) is 5.95 Å². The molecule has 2 aromatic carbocycles. The molecular formula is C23H24N4O2S. The van der Waals surface area contributed by atoms with Crippen molar-refractivity contribution in [1.82, 2.24) is 14.9 Å². The quantitative estimate of drug-likeness (QED) is 0.697. The lowest BCUT2D eigenvalue weighted by atomic mass is 10.00. The number of benzene rings is 2. The Labute approximate surface area is 176 Å². The molecule has 0 bridgehead atoms. The first-order valence-electron chi connectivity index (χ1n) is 10.2. The molecule has 1 fully saturated rings. The highest BCUT2D eigenvalue weighted by Gasteiger charge is 2.47. The molecule has 6 nitrogen and oxygen atoms in total. The van der Waals surface area contributed by atoms with Crippen LogP contribution in [0.5, 0.6) is 0 Å². The average molecular weight is 421 g/mol. The van der Waals surface area contributed by atoms with Crippen molar-refractivity contribution in [2.75, 3.05) is 18.4 Å². The number of para-hydroxylation sites is 1. The third-order valence-corrected chi connectivity index (χ3v) is 8.04. The molecule has 1 saturated heterocycles. The van der Waals surface area contributed by atoms with E-state index in [0.717, 1.165) is 23.5 Å². The number of aryl methyl sites for hydroxylation is 1. The van der Waals surface area contributed by atoms with Gasteiger partial charge >= 0.3 is 0 Å². The molecule has 5 rings (SSSR count). The summed E-state index contributed by atoms with van der Waals surface area (Å²) in [4.78, 5) is 11.4. The molecular weight excluding hydrogens is 396 g/mol. The van der Waals surface area contributed by atoms with Crippen LogP contribution in [0.2, 0.25) is 0 Å². The van der Waals surface area contributed by atoms with Crippen molar-refractivity contribution in [3.63, 3.8) is 0 Å². The highest BCUT2D eigenvalue weighted by atomic mass is 32.2. The number of anilines is 2. The Morgan fingerprint density at radius 1 is 1.10 bits per heavy atom. The second kappa shape index (κ2) is 7.49. The molecule has 0 amide bonds. The summed E-state index contributed by atoms with van der Waals surface area (Å²) in [6.07, 6.45) is 1.67. The summed E-state index contributed by atoms with van der Waals surface area (Å²) in [6.45, 7) is 4.06. The lowest BCUT2D eigenvalue weighted by molar-refractivity contribution is 0.326. The molecule has 0 unspecified atom stereocenters. The van der Waals surface area contributed by atoms with Gasteiger partial charge in [-0.1, -0.05) is 48.0 Å². The van der Waals surface area contributed by atoms with E-state index in [1.165, 1.54) is 11.1 Å². The third kappa shape index (κ3) is 3.70. The summed E-state index contributed by atoms with van der Waals surface area (Å²) in [6, 6.07) is 18.1. The van der Waals surface area contributed by atoms with Gasteiger partial charge in [-0.2, -0.15) is 0 Å². The topological polar surface area (TPSA) is 75.2 Å². The summed E-state index contributed by atoms with van der Waals surface area (Å²) in [7, 11) is -3.22. The number of aromatic nitrogens is 2. The molecule has 2 aliphatic heterocycles. The van der Waals surface area contributed by atoms with Crippen LogP contribution in [0.3, 0.4) is 0 Å². The Morgan fingerprint density at radius 3 is 2.73 bits per heavy atom. The zero-order chi connectivity index (χ0) is 20.7. The zero-order valence-corrected chi connectivity index (χ0v) is 17.6. The van der Waals surface area contributed by atoms with Gasteiger partial charge in [-0.05, 0) is 24.6 Å². The van der Waals surface area contributed by atoms with Gasteiger partial charge < -0.3 is 5.32 Å². The Bertz CT molecular complexity index is 1180. The van der Waals surface area contributed by atoms with E-state index in [9.17, 15) is 8.42 Å². The van der Waals surface area contributed by atoms with Gasteiger partial charge in [0.15, 0.2) is 9.84 Å². The number of nitrogens with one attached hydrogen (secondary N) is 1. The number of hydrogen-bond donors (Lipinski definition) is 1. The number of hydrogen-bond acceptors (Lipinski definition) is 6. The minimum absolute atomic E-state index is 0.0212. The fourth-order valence-corrected chi connectivity index (χ4v) is 6.59. The second-order valence-corrected chi connectivity index (χ2v) is 10.5. The molecule has 1 N–H and O–H groups in total. The van der Waals surface area contributed by atoms with Crippen molar-refractivity contribution in [3.8, 4) is 0 Å². The number of likely N-dealkylation sites (tertiary alicyclic amines) is 1. The van der Waals surface area contributed by atoms with Crippen LogP contribution in [0.25, 0.3) is 0 Å². The predicted octanol–water partition coefficient (Wildman–Crippen LogP) is 3.43. The van der Waals surface area contributed by atoms with Crippen LogP contribution in [0.15, 0.2) is 60.8 Å². The van der Waals surface area contributed by atoms with Crippen molar-refractivity contribution in [2.45, 2.75) is 30.4 Å². The molecule has 2 atom stereocenters. The van der Waals surface area contributed by atoms with Gasteiger partial charge in [0, 0.05) is 43.0 Å². The molecule has 154 valence electrons. The maximum absolute atomic E-state index is 13.0. The van der Waals surface area contributed by atoms with Crippen LogP contribution in [0, 0.1) is 6.92 Å². The molecule has 30 heavy (non-hydrogen) atoms. The Morgan fingerprint density at radius 2 is 1.93 bits per heavy atom. The number of sulfone groups is 1. The van der Waals surface area contributed by atoms with Crippen LogP contribution in [-0.4, -0.2) is 41.6 Å². The third-order valence-electron chi connectivity index (χ3n) is 5.93. The normalized spacial score (nSPS) is 22.3. The van der Waals surface area contributed by atoms with E-state index >= 15 is 0 Å². The number of rotatable bonds is 4. The van der Waals surface area contributed by atoms with Crippen molar-refractivity contribution in [2.24, 2.45) is 0 Å². The minimum atomic E-state index is -3.22. The first-order valence-corrected chi connectivity index (χ1v) is 11.9. The summed E-state index contributed by atoms with van der Waals surface area (Å²) in [5.74, 6) is 0.408. The Balaban J connectivity index is 1.43. The van der Waals surface area contributed by atoms with Crippen LogP contribution >= 0.6 is 0 Å². The summed E-state index contributed by atoms with van der Waals surface area (Å²) >= 11 is 0. The molecule has 3 aromatic rings. The average Bonchev–Trinajstić information content (AvgIpc) is 3.14. The van der Waals surface area contributed by atoms with E-state index in [1.54, 1.807) is 6.20 Å². The van der Waals surface area contributed by atoms with Crippen LogP contribution in [-0.2, 0) is 22.1 Å². The molecule has 0 saturated carbocycles.